The summed E-state index contributed by atoms with van der Waals surface area (Å²) in [6.45, 7) is 8.66. The molecule has 0 spiro atoms. The predicted octanol–water partition coefficient (Wildman–Crippen LogP) is 4.37. The molecule has 0 saturated heterocycles. The Kier molecular flexibility index (Phi) is 4.76. The number of carbonyl (C=O) groups is 1. The fourth-order valence-corrected chi connectivity index (χ4v) is 2.40. The van der Waals surface area contributed by atoms with Crippen molar-refractivity contribution in [3.63, 3.8) is 0 Å². The molecule has 0 heterocycles. The van der Waals surface area contributed by atoms with Gasteiger partial charge in [-0.05, 0) is 50.9 Å². The van der Waals surface area contributed by atoms with Crippen molar-refractivity contribution < 1.29 is 4.79 Å². The highest BCUT2D eigenvalue weighted by Gasteiger charge is 2.23. The molecule has 16 heavy (non-hydrogen) atoms. The molecule has 0 bridgehead atoms. The summed E-state index contributed by atoms with van der Waals surface area (Å²) in [5.74, 6) is 1.59. The summed E-state index contributed by atoms with van der Waals surface area (Å²) in [5.41, 5.74) is 1.42. The average molecular weight is 222 g/mol. The summed E-state index contributed by atoms with van der Waals surface area (Å²) in [5, 5.41) is 0. The maximum atomic E-state index is 10.8. The van der Waals surface area contributed by atoms with Gasteiger partial charge in [-0.3, -0.25) is 0 Å². The van der Waals surface area contributed by atoms with Crippen LogP contribution in [0.2, 0.25) is 0 Å². The lowest BCUT2D eigenvalue weighted by Gasteiger charge is -2.28. The van der Waals surface area contributed by atoms with Crippen LogP contribution in [0.15, 0.2) is 11.6 Å². The van der Waals surface area contributed by atoms with Crippen LogP contribution < -0.4 is 0 Å². The fourth-order valence-electron chi connectivity index (χ4n) is 2.40. The van der Waals surface area contributed by atoms with Gasteiger partial charge in [0.15, 0.2) is 0 Å². The first-order valence-electron chi connectivity index (χ1n) is 6.56. The maximum Gasteiger partial charge on any atom is 0.125 e. The second kappa shape index (κ2) is 5.65. The summed E-state index contributed by atoms with van der Waals surface area (Å²) < 4.78 is 0. The molecule has 1 aliphatic carbocycles. The molecule has 1 aliphatic rings. The predicted molar refractivity (Wildman–Crippen MR) is 69.3 cm³/mol. The summed E-state index contributed by atoms with van der Waals surface area (Å²) in [6, 6.07) is 0. The molecular weight excluding hydrogens is 196 g/mol. The van der Waals surface area contributed by atoms with Gasteiger partial charge in [-0.1, -0.05) is 32.4 Å². The van der Waals surface area contributed by atoms with Gasteiger partial charge in [-0.25, -0.2) is 0 Å². The van der Waals surface area contributed by atoms with E-state index in [4.69, 9.17) is 0 Å². The van der Waals surface area contributed by atoms with Crippen LogP contribution in [0.25, 0.3) is 0 Å². The Labute approximate surface area is 100 Å². The largest absolute Gasteiger partial charge is 0.303 e. The first-order valence-corrected chi connectivity index (χ1v) is 6.56. The molecule has 0 aromatic heterocycles. The highest BCUT2D eigenvalue weighted by molar-refractivity contribution is 5.57. The van der Waals surface area contributed by atoms with Crippen molar-refractivity contribution in [2.24, 2.45) is 17.3 Å². The zero-order chi connectivity index (χ0) is 12.2. The second-order valence-electron chi connectivity index (χ2n) is 6.21. The van der Waals surface area contributed by atoms with E-state index in [2.05, 4.69) is 19.9 Å². The van der Waals surface area contributed by atoms with Crippen LogP contribution in [0.1, 0.15) is 59.8 Å². The van der Waals surface area contributed by atoms with Crippen LogP contribution in [0.4, 0.5) is 0 Å². The first kappa shape index (κ1) is 13.5. The molecule has 0 saturated carbocycles. The smallest absolute Gasteiger partial charge is 0.125 e. The molecule has 1 heteroatoms. The average Bonchev–Trinajstić information content (AvgIpc) is 2.27. The molecule has 0 aromatic carbocycles. The molecule has 0 fully saturated rings. The molecule has 0 radical (unpaired) electrons. The van der Waals surface area contributed by atoms with E-state index in [1.54, 1.807) is 5.57 Å². The van der Waals surface area contributed by atoms with Crippen molar-refractivity contribution in [1.82, 2.24) is 0 Å². The van der Waals surface area contributed by atoms with Crippen molar-refractivity contribution in [1.29, 1.82) is 0 Å². The third-order valence-corrected chi connectivity index (χ3v) is 4.05. The van der Waals surface area contributed by atoms with Gasteiger partial charge in [0.25, 0.3) is 0 Å². The number of aldehydes is 1. The molecule has 0 N–H and O–H groups in total. The molecule has 2 atom stereocenters. The van der Waals surface area contributed by atoms with E-state index in [1.165, 1.54) is 25.7 Å². The number of allylic oxidation sites excluding steroid dienone is 2. The van der Waals surface area contributed by atoms with Gasteiger partial charge in [0.1, 0.15) is 6.29 Å². The van der Waals surface area contributed by atoms with Crippen LogP contribution in [0, 0.1) is 17.3 Å². The molecule has 0 aliphatic heterocycles. The number of rotatable bonds is 5. The van der Waals surface area contributed by atoms with Gasteiger partial charge in [0.05, 0.1) is 0 Å². The number of hydrogen-bond donors (Lipinski definition) is 0. The van der Waals surface area contributed by atoms with E-state index in [-0.39, 0.29) is 5.41 Å². The van der Waals surface area contributed by atoms with Crippen molar-refractivity contribution in [2.45, 2.75) is 59.8 Å². The third kappa shape index (κ3) is 4.11. The Hall–Kier alpha value is -0.590. The van der Waals surface area contributed by atoms with E-state index in [1.807, 2.05) is 13.8 Å². The van der Waals surface area contributed by atoms with Crippen LogP contribution in [0.3, 0.4) is 0 Å². The van der Waals surface area contributed by atoms with E-state index in [9.17, 15) is 4.79 Å². The summed E-state index contributed by atoms with van der Waals surface area (Å²) >= 11 is 0. The van der Waals surface area contributed by atoms with Gasteiger partial charge < -0.3 is 4.79 Å². The zero-order valence-electron chi connectivity index (χ0n) is 11.3. The second-order valence-corrected chi connectivity index (χ2v) is 6.21. The molecular formula is C15H26O. The lowest BCUT2D eigenvalue weighted by Crippen LogP contribution is -2.19. The van der Waals surface area contributed by atoms with Gasteiger partial charge in [0.2, 0.25) is 0 Å². The minimum absolute atomic E-state index is 0.130. The highest BCUT2D eigenvalue weighted by Crippen LogP contribution is 2.33. The Morgan fingerprint density at radius 2 is 2.25 bits per heavy atom. The topological polar surface area (TPSA) is 17.1 Å². The molecule has 1 nitrogen and oxygen atoms in total. The van der Waals surface area contributed by atoms with Gasteiger partial charge in [0, 0.05) is 5.41 Å². The van der Waals surface area contributed by atoms with Crippen molar-refractivity contribution in [3.8, 4) is 0 Å². The lowest BCUT2D eigenvalue weighted by molar-refractivity contribution is -0.115. The van der Waals surface area contributed by atoms with Gasteiger partial charge in [-0.15, -0.1) is 0 Å². The molecule has 92 valence electrons. The monoisotopic (exact) mass is 222 g/mol. The Morgan fingerprint density at radius 1 is 1.56 bits per heavy atom. The van der Waals surface area contributed by atoms with E-state index >= 15 is 0 Å². The van der Waals surface area contributed by atoms with E-state index in [0.29, 0.717) is 0 Å². The molecule has 0 aromatic rings. The van der Waals surface area contributed by atoms with Gasteiger partial charge in [-0.2, -0.15) is 0 Å². The van der Waals surface area contributed by atoms with Crippen LogP contribution in [-0.2, 0) is 4.79 Å². The molecule has 1 rings (SSSR count). The summed E-state index contributed by atoms with van der Waals surface area (Å²) in [4.78, 5) is 10.8. The van der Waals surface area contributed by atoms with E-state index in [0.717, 1.165) is 24.5 Å². The lowest BCUT2D eigenvalue weighted by atomic mass is 9.77. The van der Waals surface area contributed by atoms with Crippen LogP contribution in [0.5, 0.6) is 0 Å². The van der Waals surface area contributed by atoms with Crippen LogP contribution >= 0.6 is 0 Å². The van der Waals surface area contributed by atoms with Gasteiger partial charge >= 0.3 is 0 Å². The Balaban J connectivity index is 2.36. The molecule has 0 amide bonds. The molecule has 2 unspecified atom stereocenters. The standard InChI is InChI=1S/C15H26O/c1-12-5-7-14(8-6-12)13(2)9-10-15(3,4)11-16/h5,11,13-14H,6-10H2,1-4H3. The van der Waals surface area contributed by atoms with Crippen molar-refractivity contribution >= 4 is 6.29 Å². The van der Waals surface area contributed by atoms with Crippen molar-refractivity contribution in [2.75, 3.05) is 0 Å². The first-order chi connectivity index (χ1) is 7.44. The zero-order valence-corrected chi connectivity index (χ0v) is 11.3. The minimum Gasteiger partial charge on any atom is -0.303 e. The quantitative estimate of drug-likeness (QED) is 0.498. The summed E-state index contributed by atoms with van der Waals surface area (Å²) in [6.07, 6.45) is 9.56. The third-order valence-electron chi connectivity index (χ3n) is 4.05. The number of hydrogen-bond acceptors (Lipinski definition) is 1. The maximum absolute atomic E-state index is 10.8. The number of carbonyl (C=O) groups excluding carboxylic acids is 1. The Bertz CT molecular complexity index is 263. The Morgan fingerprint density at radius 3 is 2.75 bits per heavy atom. The van der Waals surface area contributed by atoms with Crippen molar-refractivity contribution in [3.05, 3.63) is 11.6 Å². The summed E-state index contributed by atoms with van der Waals surface area (Å²) in [7, 11) is 0. The SMILES string of the molecule is CC1=CCC(C(C)CCC(C)(C)C=O)CC1. The van der Waals surface area contributed by atoms with E-state index < -0.39 is 0 Å². The highest BCUT2D eigenvalue weighted by atomic mass is 16.1. The fraction of sp³-hybridized carbons (Fsp3) is 0.800. The van der Waals surface area contributed by atoms with Crippen LogP contribution in [-0.4, -0.2) is 6.29 Å². The normalized spacial score (nSPS) is 23.8. The minimum atomic E-state index is -0.130.